The third-order valence-corrected chi connectivity index (χ3v) is 6.07. The van der Waals surface area contributed by atoms with Gasteiger partial charge in [0.05, 0.1) is 5.41 Å². The van der Waals surface area contributed by atoms with Crippen LogP contribution in [0.4, 0.5) is 0 Å². The van der Waals surface area contributed by atoms with Gasteiger partial charge in [-0.1, -0.05) is 18.9 Å². The van der Waals surface area contributed by atoms with Gasteiger partial charge in [-0.05, 0) is 42.7 Å². The molecule has 3 heterocycles. The van der Waals surface area contributed by atoms with E-state index in [1.54, 1.807) is 15.9 Å². The van der Waals surface area contributed by atoms with Crippen LogP contribution in [0.3, 0.4) is 0 Å². The molecule has 7 heteroatoms. The fourth-order valence-corrected chi connectivity index (χ4v) is 4.65. The maximum absolute atomic E-state index is 12.9. The van der Waals surface area contributed by atoms with Crippen molar-refractivity contribution in [1.29, 1.82) is 0 Å². The van der Waals surface area contributed by atoms with E-state index in [0.717, 1.165) is 44.1 Å². The number of thiophene rings is 1. The zero-order valence-electron chi connectivity index (χ0n) is 14.0. The van der Waals surface area contributed by atoms with E-state index < -0.39 is 0 Å². The van der Waals surface area contributed by atoms with Crippen molar-refractivity contribution in [2.75, 3.05) is 6.54 Å². The van der Waals surface area contributed by atoms with Crippen LogP contribution in [0.15, 0.2) is 36.2 Å². The first-order chi connectivity index (χ1) is 12.3. The van der Waals surface area contributed by atoms with Gasteiger partial charge in [0, 0.05) is 23.8 Å². The lowest BCUT2D eigenvalue weighted by Crippen LogP contribution is -2.42. The molecule has 0 aromatic carbocycles. The van der Waals surface area contributed by atoms with Crippen LogP contribution < -0.4 is 5.32 Å². The molecule has 1 N–H and O–H groups in total. The van der Waals surface area contributed by atoms with Gasteiger partial charge in [0.1, 0.15) is 6.33 Å². The second kappa shape index (κ2) is 6.92. The highest BCUT2D eigenvalue weighted by Crippen LogP contribution is 2.43. The van der Waals surface area contributed by atoms with Crippen molar-refractivity contribution in [3.63, 3.8) is 0 Å². The quantitative estimate of drug-likeness (QED) is 0.690. The summed E-state index contributed by atoms with van der Waals surface area (Å²) in [5.41, 5.74) is 0.802. The lowest BCUT2D eigenvalue weighted by Gasteiger charge is -2.26. The normalized spacial score (nSPS) is 16.3. The molecule has 130 valence electrons. The molecule has 3 aromatic heterocycles. The topological polar surface area (TPSA) is 72.2 Å². The minimum atomic E-state index is -0.296. The van der Waals surface area contributed by atoms with Crippen molar-refractivity contribution >= 4 is 23.0 Å². The summed E-state index contributed by atoms with van der Waals surface area (Å²) < 4.78 is 1.68. The predicted molar refractivity (Wildman–Crippen MR) is 96.6 cm³/mol. The van der Waals surface area contributed by atoms with Gasteiger partial charge >= 0.3 is 0 Å². The number of fused-ring (bicyclic) bond motifs is 1. The third-order valence-electron chi connectivity index (χ3n) is 5.00. The van der Waals surface area contributed by atoms with Crippen LogP contribution in [0.25, 0.3) is 5.78 Å². The molecular formula is C18H21N5OS. The van der Waals surface area contributed by atoms with Gasteiger partial charge in [-0.3, -0.25) is 4.79 Å². The molecule has 0 spiro atoms. The van der Waals surface area contributed by atoms with E-state index in [4.69, 9.17) is 0 Å². The summed E-state index contributed by atoms with van der Waals surface area (Å²) in [6, 6.07) is 4.15. The average molecular weight is 355 g/mol. The Morgan fingerprint density at radius 2 is 2.20 bits per heavy atom. The standard InChI is InChI=1S/C18H21N5OS/c24-16(18(7-1-2-8-18)15-6-4-10-25-15)19-9-3-5-14-11-20-17-21-13-22-23(17)12-14/h4,6,10-13H,1-3,5,7-9H2,(H,19,24). The van der Waals surface area contributed by atoms with Gasteiger partial charge in [-0.2, -0.15) is 10.1 Å². The first kappa shape index (κ1) is 16.2. The van der Waals surface area contributed by atoms with E-state index >= 15 is 0 Å². The number of aryl methyl sites for hydroxylation is 1. The summed E-state index contributed by atoms with van der Waals surface area (Å²) in [5, 5.41) is 9.33. The molecule has 0 unspecified atom stereocenters. The van der Waals surface area contributed by atoms with Crippen LogP contribution >= 0.6 is 11.3 Å². The number of amides is 1. The highest BCUT2D eigenvalue weighted by Gasteiger charge is 2.43. The van der Waals surface area contributed by atoms with Crippen LogP contribution in [-0.4, -0.2) is 32.0 Å². The second-order valence-corrected chi connectivity index (χ2v) is 7.54. The zero-order chi connectivity index (χ0) is 17.1. The van der Waals surface area contributed by atoms with Gasteiger partial charge in [0.15, 0.2) is 0 Å². The molecule has 6 nitrogen and oxygen atoms in total. The number of nitrogens with zero attached hydrogens (tertiary/aromatic N) is 4. The Balaban J connectivity index is 1.33. The maximum atomic E-state index is 12.9. The molecule has 3 aromatic rings. The SMILES string of the molecule is O=C(NCCCc1cnc2ncnn2c1)C1(c2cccs2)CCCC1. The average Bonchev–Trinajstić information content (AvgIpc) is 3.39. The molecule has 0 atom stereocenters. The number of aromatic nitrogens is 4. The number of hydrogen-bond acceptors (Lipinski definition) is 5. The fraction of sp³-hybridized carbons (Fsp3) is 0.444. The summed E-state index contributed by atoms with van der Waals surface area (Å²) in [6.07, 6.45) is 11.2. The van der Waals surface area contributed by atoms with Gasteiger partial charge in [0.2, 0.25) is 5.91 Å². The van der Waals surface area contributed by atoms with E-state index in [-0.39, 0.29) is 11.3 Å². The first-order valence-corrected chi connectivity index (χ1v) is 9.62. The summed E-state index contributed by atoms with van der Waals surface area (Å²) in [4.78, 5) is 22.4. The van der Waals surface area contributed by atoms with E-state index in [9.17, 15) is 4.79 Å². The molecule has 1 amide bonds. The number of hydrogen-bond donors (Lipinski definition) is 1. The lowest BCUT2D eigenvalue weighted by molar-refractivity contribution is -0.126. The highest BCUT2D eigenvalue weighted by molar-refractivity contribution is 7.10. The molecule has 0 aliphatic heterocycles. The zero-order valence-corrected chi connectivity index (χ0v) is 14.8. The fourth-order valence-electron chi connectivity index (χ4n) is 3.67. The molecule has 0 radical (unpaired) electrons. The van der Waals surface area contributed by atoms with Crippen molar-refractivity contribution in [2.24, 2.45) is 0 Å². The molecule has 25 heavy (non-hydrogen) atoms. The Bertz CT molecular complexity index is 851. The van der Waals surface area contributed by atoms with E-state index in [0.29, 0.717) is 12.3 Å². The van der Waals surface area contributed by atoms with Crippen LogP contribution in [0.5, 0.6) is 0 Å². The molecular weight excluding hydrogens is 334 g/mol. The summed E-state index contributed by atoms with van der Waals surface area (Å²) in [5.74, 6) is 0.800. The van der Waals surface area contributed by atoms with Crippen LogP contribution in [0.1, 0.15) is 42.5 Å². The Hall–Kier alpha value is -2.28. The van der Waals surface area contributed by atoms with Crippen LogP contribution in [0.2, 0.25) is 0 Å². The molecule has 1 fully saturated rings. The highest BCUT2D eigenvalue weighted by atomic mass is 32.1. The van der Waals surface area contributed by atoms with Gasteiger partial charge in [-0.15, -0.1) is 11.3 Å². The molecule has 1 saturated carbocycles. The number of nitrogens with one attached hydrogen (secondary N) is 1. The predicted octanol–water partition coefficient (Wildman–Crippen LogP) is 2.75. The van der Waals surface area contributed by atoms with Gasteiger partial charge in [0.25, 0.3) is 5.78 Å². The number of rotatable bonds is 6. The maximum Gasteiger partial charge on any atom is 0.252 e. The molecule has 1 aliphatic rings. The Kier molecular flexibility index (Phi) is 4.48. The van der Waals surface area contributed by atoms with Crippen molar-refractivity contribution in [3.8, 4) is 0 Å². The van der Waals surface area contributed by atoms with Gasteiger partial charge < -0.3 is 5.32 Å². The molecule has 0 bridgehead atoms. The lowest BCUT2D eigenvalue weighted by atomic mass is 9.83. The molecule has 4 rings (SSSR count). The van der Waals surface area contributed by atoms with Crippen molar-refractivity contribution in [2.45, 2.75) is 43.9 Å². The monoisotopic (exact) mass is 355 g/mol. The van der Waals surface area contributed by atoms with Crippen LogP contribution in [-0.2, 0) is 16.6 Å². The first-order valence-electron chi connectivity index (χ1n) is 8.74. The van der Waals surface area contributed by atoms with E-state index in [2.05, 4.69) is 31.8 Å². The number of carbonyl (C=O) groups excluding carboxylic acids is 1. The molecule has 1 aliphatic carbocycles. The van der Waals surface area contributed by atoms with Crippen LogP contribution in [0, 0.1) is 0 Å². The van der Waals surface area contributed by atoms with Gasteiger partial charge in [-0.25, -0.2) is 9.50 Å². The smallest absolute Gasteiger partial charge is 0.252 e. The number of carbonyl (C=O) groups is 1. The van der Waals surface area contributed by atoms with E-state index in [1.165, 1.54) is 11.2 Å². The summed E-state index contributed by atoms with van der Waals surface area (Å²) in [6.45, 7) is 0.682. The minimum Gasteiger partial charge on any atom is -0.355 e. The second-order valence-electron chi connectivity index (χ2n) is 6.59. The van der Waals surface area contributed by atoms with Crippen molar-refractivity contribution < 1.29 is 4.79 Å². The van der Waals surface area contributed by atoms with E-state index in [1.807, 2.05) is 18.5 Å². The summed E-state index contributed by atoms with van der Waals surface area (Å²) >= 11 is 1.70. The summed E-state index contributed by atoms with van der Waals surface area (Å²) in [7, 11) is 0. The Morgan fingerprint density at radius 1 is 1.32 bits per heavy atom. The van der Waals surface area contributed by atoms with Crippen molar-refractivity contribution in [1.82, 2.24) is 24.9 Å². The Morgan fingerprint density at radius 3 is 3.00 bits per heavy atom. The largest absolute Gasteiger partial charge is 0.355 e. The minimum absolute atomic E-state index is 0.192. The molecule has 0 saturated heterocycles. The Labute approximate surface area is 150 Å². The van der Waals surface area contributed by atoms with Crippen molar-refractivity contribution in [3.05, 3.63) is 46.7 Å². The third kappa shape index (κ3) is 3.16.